The first-order chi connectivity index (χ1) is 8.74. The van der Waals surface area contributed by atoms with Crippen molar-refractivity contribution in [2.75, 3.05) is 7.11 Å². The summed E-state index contributed by atoms with van der Waals surface area (Å²) < 4.78 is 10.6. The number of ether oxygens (including phenoxy) is 2. The van der Waals surface area contributed by atoms with Crippen LogP contribution in [0.1, 0.15) is 44.1 Å². The number of hydrogen-bond acceptors (Lipinski definition) is 3. The van der Waals surface area contributed by atoms with Crippen molar-refractivity contribution in [3.05, 3.63) is 29.8 Å². The molecule has 0 saturated carbocycles. The van der Waals surface area contributed by atoms with Crippen LogP contribution in [0.15, 0.2) is 24.3 Å². The average molecular weight is 248 g/mol. The molecule has 1 fully saturated rings. The molecule has 18 heavy (non-hydrogen) atoms. The molecule has 0 radical (unpaired) electrons. The van der Waals surface area contributed by atoms with Crippen LogP contribution < -0.4 is 4.74 Å². The fraction of sp³-hybridized carbons (Fsp3) is 0.533. The molecule has 1 saturated heterocycles. The van der Waals surface area contributed by atoms with Gasteiger partial charge in [-0.3, -0.25) is 4.79 Å². The lowest BCUT2D eigenvalue weighted by Gasteiger charge is -2.28. The Morgan fingerprint density at radius 2 is 2.00 bits per heavy atom. The molecule has 0 aromatic heterocycles. The summed E-state index contributed by atoms with van der Waals surface area (Å²) in [6.07, 6.45) is 4.01. The van der Waals surface area contributed by atoms with Crippen molar-refractivity contribution in [3.8, 4) is 5.75 Å². The largest absolute Gasteiger partial charge is 0.497 e. The van der Waals surface area contributed by atoms with E-state index >= 15 is 0 Å². The van der Waals surface area contributed by atoms with Crippen molar-refractivity contribution >= 4 is 5.97 Å². The first-order valence-electron chi connectivity index (χ1n) is 6.59. The molecule has 1 aromatic carbocycles. The van der Waals surface area contributed by atoms with E-state index in [-0.39, 0.29) is 18.0 Å². The lowest BCUT2D eigenvalue weighted by Crippen LogP contribution is -2.29. The maximum absolute atomic E-state index is 12.0. The Balaban J connectivity index is 2.03. The van der Waals surface area contributed by atoms with Gasteiger partial charge in [0.05, 0.1) is 13.0 Å². The molecule has 1 heterocycles. The maximum atomic E-state index is 12.0. The van der Waals surface area contributed by atoms with E-state index in [1.54, 1.807) is 7.11 Å². The van der Waals surface area contributed by atoms with Gasteiger partial charge < -0.3 is 9.47 Å². The van der Waals surface area contributed by atoms with Crippen molar-refractivity contribution in [3.63, 3.8) is 0 Å². The Kier molecular flexibility index (Phi) is 4.24. The van der Waals surface area contributed by atoms with Crippen molar-refractivity contribution in [1.82, 2.24) is 0 Å². The predicted octanol–water partition coefficient (Wildman–Crippen LogP) is 3.28. The second-order valence-electron chi connectivity index (χ2n) is 4.75. The summed E-state index contributed by atoms with van der Waals surface area (Å²) in [5.74, 6) is 0.626. The molecule has 0 aliphatic carbocycles. The summed E-state index contributed by atoms with van der Waals surface area (Å²) in [7, 11) is 1.64. The molecule has 1 aromatic rings. The highest BCUT2D eigenvalue weighted by Crippen LogP contribution is 2.31. The van der Waals surface area contributed by atoms with E-state index < -0.39 is 0 Å². The molecule has 1 aliphatic rings. The van der Waals surface area contributed by atoms with Crippen molar-refractivity contribution in [2.24, 2.45) is 0 Å². The number of methoxy groups -OCH3 is 1. The minimum Gasteiger partial charge on any atom is -0.497 e. The van der Waals surface area contributed by atoms with Crippen LogP contribution in [0.4, 0.5) is 0 Å². The van der Waals surface area contributed by atoms with Gasteiger partial charge in [-0.15, -0.1) is 0 Å². The van der Waals surface area contributed by atoms with Gasteiger partial charge in [0.15, 0.2) is 0 Å². The van der Waals surface area contributed by atoms with Gasteiger partial charge in [0.2, 0.25) is 0 Å². The SMILES string of the molecule is CCCC1CCC(c2ccc(OC)cc2)C(=O)O1. The highest BCUT2D eigenvalue weighted by molar-refractivity contribution is 5.79. The minimum atomic E-state index is -0.107. The number of carbonyl (C=O) groups is 1. The Bertz CT molecular complexity index is 397. The van der Waals surface area contributed by atoms with E-state index in [1.807, 2.05) is 24.3 Å². The van der Waals surface area contributed by atoms with Gasteiger partial charge in [-0.25, -0.2) is 0 Å². The third-order valence-electron chi connectivity index (χ3n) is 3.47. The highest BCUT2D eigenvalue weighted by atomic mass is 16.5. The van der Waals surface area contributed by atoms with Crippen LogP contribution in [0.25, 0.3) is 0 Å². The lowest BCUT2D eigenvalue weighted by atomic mass is 9.90. The molecule has 1 aliphatic heterocycles. The summed E-state index contributed by atoms with van der Waals surface area (Å²) in [5, 5.41) is 0. The quantitative estimate of drug-likeness (QED) is 0.767. The zero-order valence-corrected chi connectivity index (χ0v) is 11.0. The minimum absolute atomic E-state index is 0.0788. The third-order valence-corrected chi connectivity index (χ3v) is 3.47. The van der Waals surface area contributed by atoms with Gasteiger partial charge in [0.25, 0.3) is 0 Å². The van der Waals surface area contributed by atoms with Crippen LogP contribution in [-0.4, -0.2) is 19.2 Å². The fourth-order valence-electron chi connectivity index (χ4n) is 2.44. The first kappa shape index (κ1) is 12.9. The molecule has 2 atom stereocenters. The van der Waals surface area contributed by atoms with Crippen molar-refractivity contribution in [2.45, 2.75) is 44.6 Å². The number of esters is 1. The Labute approximate surface area is 108 Å². The monoisotopic (exact) mass is 248 g/mol. The second-order valence-corrected chi connectivity index (χ2v) is 4.75. The molecular weight excluding hydrogens is 228 g/mol. The van der Waals surface area contributed by atoms with E-state index in [9.17, 15) is 4.79 Å². The van der Waals surface area contributed by atoms with Crippen LogP contribution in [0.3, 0.4) is 0 Å². The molecule has 3 nitrogen and oxygen atoms in total. The molecule has 98 valence electrons. The van der Waals surface area contributed by atoms with Gasteiger partial charge >= 0.3 is 5.97 Å². The first-order valence-corrected chi connectivity index (χ1v) is 6.59. The van der Waals surface area contributed by atoms with Crippen LogP contribution in [0, 0.1) is 0 Å². The Morgan fingerprint density at radius 1 is 1.28 bits per heavy atom. The summed E-state index contributed by atoms with van der Waals surface area (Å²) in [4.78, 5) is 12.0. The molecule has 0 spiro atoms. The van der Waals surface area contributed by atoms with E-state index in [2.05, 4.69) is 6.92 Å². The number of rotatable bonds is 4. The van der Waals surface area contributed by atoms with Crippen LogP contribution in [-0.2, 0) is 9.53 Å². The Morgan fingerprint density at radius 3 is 2.56 bits per heavy atom. The second kappa shape index (κ2) is 5.89. The highest BCUT2D eigenvalue weighted by Gasteiger charge is 2.30. The zero-order valence-electron chi connectivity index (χ0n) is 11.0. The van der Waals surface area contributed by atoms with Crippen LogP contribution in [0.2, 0.25) is 0 Å². The maximum Gasteiger partial charge on any atom is 0.313 e. The average Bonchev–Trinajstić information content (AvgIpc) is 2.40. The van der Waals surface area contributed by atoms with Gasteiger partial charge in [-0.2, -0.15) is 0 Å². The molecule has 3 heteroatoms. The third kappa shape index (κ3) is 2.84. The normalized spacial score (nSPS) is 23.6. The smallest absolute Gasteiger partial charge is 0.313 e. The number of carbonyl (C=O) groups excluding carboxylic acids is 1. The molecule has 0 amide bonds. The molecule has 0 N–H and O–H groups in total. The van der Waals surface area contributed by atoms with Crippen molar-refractivity contribution < 1.29 is 14.3 Å². The fourth-order valence-corrected chi connectivity index (χ4v) is 2.44. The van der Waals surface area contributed by atoms with Gasteiger partial charge in [0, 0.05) is 0 Å². The molecule has 0 bridgehead atoms. The predicted molar refractivity (Wildman–Crippen MR) is 69.8 cm³/mol. The number of benzene rings is 1. The van der Waals surface area contributed by atoms with E-state index in [0.717, 1.165) is 37.0 Å². The van der Waals surface area contributed by atoms with Gasteiger partial charge in [0.1, 0.15) is 11.9 Å². The van der Waals surface area contributed by atoms with Crippen molar-refractivity contribution in [1.29, 1.82) is 0 Å². The summed E-state index contributed by atoms with van der Waals surface area (Å²) in [6.45, 7) is 2.11. The summed E-state index contributed by atoms with van der Waals surface area (Å²) in [6, 6.07) is 7.68. The van der Waals surface area contributed by atoms with E-state index in [0.29, 0.717) is 0 Å². The van der Waals surface area contributed by atoms with E-state index in [4.69, 9.17) is 9.47 Å². The number of cyclic esters (lactones) is 1. The topological polar surface area (TPSA) is 35.5 Å². The Hall–Kier alpha value is -1.51. The van der Waals surface area contributed by atoms with Gasteiger partial charge in [-0.05, 0) is 37.0 Å². The number of hydrogen-bond donors (Lipinski definition) is 0. The molecular formula is C15H20O3. The molecule has 2 unspecified atom stereocenters. The van der Waals surface area contributed by atoms with Gasteiger partial charge in [-0.1, -0.05) is 25.5 Å². The summed E-state index contributed by atoms with van der Waals surface area (Å²) >= 11 is 0. The van der Waals surface area contributed by atoms with E-state index in [1.165, 1.54) is 0 Å². The lowest BCUT2D eigenvalue weighted by molar-refractivity contribution is -0.156. The molecule has 2 rings (SSSR count). The van der Waals surface area contributed by atoms with Crippen LogP contribution in [0.5, 0.6) is 5.75 Å². The standard InChI is InChI=1S/C15H20O3/c1-3-4-13-9-10-14(15(16)18-13)11-5-7-12(17-2)8-6-11/h5-8,13-14H,3-4,9-10H2,1-2H3. The summed E-state index contributed by atoms with van der Waals surface area (Å²) in [5.41, 5.74) is 1.02. The zero-order chi connectivity index (χ0) is 13.0. The van der Waals surface area contributed by atoms with Crippen LogP contribution >= 0.6 is 0 Å².